The van der Waals surface area contributed by atoms with Gasteiger partial charge in [0.2, 0.25) is 0 Å². The zero-order chi connectivity index (χ0) is 10.6. The molecule has 1 aromatic carbocycles. The molecule has 0 atom stereocenters. The fraction of sp³-hybridized carbons (Fsp3) is 0.100. The molecule has 2 aromatic rings. The summed E-state index contributed by atoms with van der Waals surface area (Å²) in [6.45, 7) is 0. The number of H-pyrrole nitrogens is 1. The van der Waals surface area contributed by atoms with Gasteiger partial charge in [0.25, 0.3) is 0 Å². The number of nitrogens with one attached hydrogen (secondary N) is 1. The van der Waals surface area contributed by atoms with Gasteiger partial charge in [0.1, 0.15) is 0 Å². The fourth-order valence-corrected chi connectivity index (χ4v) is 1.27. The van der Waals surface area contributed by atoms with E-state index in [0.29, 0.717) is 5.56 Å². The standard InChI is InChI=1S/C9H7NO2.CH5N/c11-9(12)7-2-1-3-8-6(7)4-5-10-8;1-2/h1-5,10H,(H,11,12);2H2,1H3. The maximum absolute atomic E-state index is 10.7. The van der Waals surface area contributed by atoms with Crippen molar-refractivity contribution < 1.29 is 9.90 Å². The number of aromatic amines is 1. The van der Waals surface area contributed by atoms with Crippen LogP contribution in [0.1, 0.15) is 10.4 Å². The van der Waals surface area contributed by atoms with Crippen molar-refractivity contribution in [2.24, 2.45) is 5.73 Å². The smallest absolute Gasteiger partial charge is 0.336 e. The van der Waals surface area contributed by atoms with E-state index < -0.39 is 5.97 Å². The Balaban J connectivity index is 0.000000461. The zero-order valence-corrected chi connectivity index (χ0v) is 7.82. The minimum absolute atomic E-state index is 0.341. The Kier molecular flexibility index (Phi) is 3.25. The first-order valence-corrected chi connectivity index (χ1v) is 4.16. The first-order valence-electron chi connectivity index (χ1n) is 4.16. The summed E-state index contributed by atoms with van der Waals surface area (Å²) in [5.41, 5.74) is 5.70. The number of aromatic carboxylic acids is 1. The van der Waals surface area contributed by atoms with E-state index in [0.717, 1.165) is 10.9 Å². The number of carboxylic acids is 1. The zero-order valence-electron chi connectivity index (χ0n) is 7.82. The van der Waals surface area contributed by atoms with Crippen molar-refractivity contribution in [2.75, 3.05) is 7.05 Å². The highest BCUT2D eigenvalue weighted by atomic mass is 16.4. The highest BCUT2D eigenvalue weighted by molar-refractivity contribution is 6.02. The van der Waals surface area contributed by atoms with Gasteiger partial charge in [-0.05, 0) is 25.2 Å². The molecule has 14 heavy (non-hydrogen) atoms. The lowest BCUT2D eigenvalue weighted by molar-refractivity contribution is 0.0699. The van der Waals surface area contributed by atoms with Crippen molar-refractivity contribution in [1.29, 1.82) is 0 Å². The number of fused-ring (bicyclic) bond motifs is 1. The molecule has 0 aliphatic carbocycles. The van der Waals surface area contributed by atoms with E-state index in [9.17, 15) is 4.79 Å². The van der Waals surface area contributed by atoms with Crippen LogP contribution in [0.5, 0.6) is 0 Å². The van der Waals surface area contributed by atoms with E-state index in [4.69, 9.17) is 5.11 Å². The van der Waals surface area contributed by atoms with Crippen molar-refractivity contribution in [3.05, 3.63) is 36.0 Å². The minimum Gasteiger partial charge on any atom is -0.478 e. The molecular formula is C10H12N2O2. The maximum Gasteiger partial charge on any atom is 0.336 e. The summed E-state index contributed by atoms with van der Waals surface area (Å²) < 4.78 is 0. The Morgan fingerprint density at radius 2 is 2.07 bits per heavy atom. The summed E-state index contributed by atoms with van der Waals surface area (Å²) in [7, 11) is 1.50. The molecule has 0 aliphatic heterocycles. The van der Waals surface area contributed by atoms with Gasteiger partial charge in [-0.15, -0.1) is 0 Å². The lowest BCUT2D eigenvalue weighted by atomic mass is 10.1. The number of hydrogen-bond donors (Lipinski definition) is 3. The maximum atomic E-state index is 10.7. The average molecular weight is 192 g/mol. The van der Waals surface area contributed by atoms with E-state index >= 15 is 0 Å². The second kappa shape index (κ2) is 4.43. The predicted octanol–water partition coefficient (Wildman–Crippen LogP) is 1.44. The van der Waals surface area contributed by atoms with Crippen LogP contribution < -0.4 is 5.73 Å². The van der Waals surface area contributed by atoms with Crippen molar-refractivity contribution in [1.82, 2.24) is 4.98 Å². The van der Waals surface area contributed by atoms with Crippen molar-refractivity contribution >= 4 is 16.9 Å². The summed E-state index contributed by atoms with van der Waals surface area (Å²) >= 11 is 0. The Morgan fingerprint density at radius 3 is 2.71 bits per heavy atom. The van der Waals surface area contributed by atoms with Crippen LogP contribution in [0.2, 0.25) is 0 Å². The highest BCUT2D eigenvalue weighted by Gasteiger charge is 2.06. The molecule has 4 heteroatoms. The number of benzene rings is 1. The molecule has 1 aromatic heterocycles. The third kappa shape index (κ3) is 1.75. The molecule has 1 heterocycles. The second-order valence-corrected chi connectivity index (χ2v) is 2.55. The number of carbonyl (C=O) groups is 1. The molecule has 0 unspecified atom stereocenters. The van der Waals surface area contributed by atoms with Crippen LogP contribution in [-0.2, 0) is 0 Å². The fourth-order valence-electron chi connectivity index (χ4n) is 1.27. The Morgan fingerprint density at radius 1 is 1.36 bits per heavy atom. The SMILES string of the molecule is CN.O=C(O)c1cccc2[nH]ccc12. The van der Waals surface area contributed by atoms with Gasteiger partial charge >= 0.3 is 5.97 Å². The predicted molar refractivity (Wildman–Crippen MR) is 55.4 cm³/mol. The third-order valence-electron chi connectivity index (χ3n) is 1.83. The van der Waals surface area contributed by atoms with Crippen LogP contribution in [0.25, 0.3) is 10.9 Å². The van der Waals surface area contributed by atoms with Gasteiger partial charge in [-0.3, -0.25) is 0 Å². The molecule has 0 saturated carbocycles. The van der Waals surface area contributed by atoms with Gasteiger partial charge in [0, 0.05) is 17.1 Å². The van der Waals surface area contributed by atoms with Gasteiger partial charge in [-0.25, -0.2) is 4.79 Å². The number of carboxylic acid groups (broad SMARTS) is 1. The number of aromatic nitrogens is 1. The number of hydrogen-bond acceptors (Lipinski definition) is 2. The third-order valence-corrected chi connectivity index (χ3v) is 1.83. The van der Waals surface area contributed by atoms with Crippen LogP contribution in [0, 0.1) is 0 Å². The molecule has 74 valence electrons. The monoisotopic (exact) mass is 192 g/mol. The van der Waals surface area contributed by atoms with Gasteiger partial charge in [-0.2, -0.15) is 0 Å². The average Bonchev–Trinajstić information content (AvgIpc) is 2.67. The number of rotatable bonds is 1. The minimum atomic E-state index is -0.889. The first kappa shape index (κ1) is 10.3. The first-order chi connectivity index (χ1) is 6.79. The Hall–Kier alpha value is -1.81. The van der Waals surface area contributed by atoms with Crippen LogP contribution in [0.15, 0.2) is 30.5 Å². The van der Waals surface area contributed by atoms with Gasteiger partial charge in [0.15, 0.2) is 0 Å². The molecule has 0 aliphatic rings. The topological polar surface area (TPSA) is 79.1 Å². The summed E-state index contributed by atoms with van der Waals surface area (Å²) in [6.07, 6.45) is 1.73. The molecular weight excluding hydrogens is 180 g/mol. The molecule has 0 amide bonds. The Bertz CT molecular complexity index is 434. The molecule has 0 spiro atoms. The molecule has 0 saturated heterocycles. The largest absolute Gasteiger partial charge is 0.478 e. The van der Waals surface area contributed by atoms with Crippen LogP contribution in [0.3, 0.4) is 0 Å². The molecule has 2 rings (SSSR count). The Labute approximate surface area is 81.4 Å². The van der Waals surface area contributed by atoms with Crippen molar-refractivity contribution in [3.63, 3.8) is 0 Å². The quantitative estimate of drug-likeness (QED) is 0.639. The van der Waals surface area contributed by atoms with E-state index in [1.807, 2.05) is 6.07 Å². The molecule has 4 N–H and O–H groups in total. The summed E-state index contributed by atoms with van der Waals surface area (Å²) in [4.78, 5) is 13.7. The van der Waals surface area contributed by atoms with Gasteiger partial charge < -0.3 is 15.8 Å². The lowest BCUT2D eigenvalue weighted by Gasteiger charge is -1.94. The van der Waals surface area contributed by atoms with Gasteiger partial charge in [-0.1, -0.05) is 6.07 Å². The summed E-state index contributed by atoms with van der Waals surface area (Å²) in [6, 6.07) is 6.93. The summed E-state index contributed by atoms with van der Waals surface area (Å²) in [5.74, 6) is -0.889. The van der Waals surface area contributed by atoms with Crippen LogP contribution >= 0.6 is 0 Å². The molecule has 0 bridgehead atoms. The molecule has 0 radical (unpaired) electrons. The van der Waals surface area contributed by atoms with E-state index in [1.165, 1.54) is 7.05 Å². The van der Waals surface area contributed by atoms with E-state index in [1.54, 1.807) is 24.4 Å². The summed E-state index contributed by atoms with van der Waals surface area (Å²) in [5, 5.41) is 9.54. The second-order valence-electron chi connectivity index (χ2n) is 2.55. The van der Waals surface area contributed by atoms with Crippen LogP contribution in [0.4, 0.5) is 0 Å². The normalized spacial score (nSPS) is 9.29. The van der Waals surface area contributed by atoms with Crippen LogP contribution in [-0.4, -0.2) is 23.1 Å². The molecule has 0 fully saturated rings. The van der Waals surface area contributed by atoms with E-state index in [2.05, 4.69) is 10.7 Å². The lowest BCUT2D eigenvalue weighted by Crippen LogP contribution is -1.95. The number of nitrogens with two attached hydrogens (primary N) is 1. The highest BCUT2D eigenvalue weighted by Crippen LogP contribution is 2.16. The van der Waals surface area contributed by atoms with Crippen molar-refractivity contribution in [3.8, 4) is 0 Å². The van der Waals surface area contributed by atoms with Gasteiger partial charge in [0.05, 0.1) is 5.56 Å². The molecule has 4 nitrogen and oxygen atoms in total. The van der Waals surface area contributed by atoms with Crippen molar-refractivity contribution in [2.45, 2.75) is 0 Å². The van der Waals surface area contributed by atoms with E-state index in [-0.39, 0.29) is 0 Å².